The number of halogens is 3. The number of hydrogen-bond acceptors (Lipinski definition) is 7. The zero-order chi connectivity index (χ0) is 22.2. The predicted octanol–water partition coefficient (Wildman–Crippen LogP) is 1.79. The smallest absolute Gasteiger partial charge is 0.366 e. The number of alkyl halides is 3. The Morgan fingerprint density at radius 2 is 2.10 bits per heavy atom. The molecular weight excluding hydrogens is 411 g/mol. The third kappa shape index (κ3) is 4.45. The fraction of sp³-hybridized carbons (Fsp3) is 0.550. The number of nitrogens with zero attached hydrogens (tertiary/aromatic N) is 4. The molecule has 166 valence electrons. The number of nitrogens with two attached hydrogens (primary N) is 1. The van der Waals surface area contributed by atoms with Gasteiger partial charge in [0.05, 0.1) is 35.5 Å². The Morgan fingerprint density at radius 3 is 2.65 bits per heavy atom. The Kier molecular flexibility index (Phi) is 5.77. The number of likely N-dealkylation sites (tertiary alicyclic amines) is 1. The number of amides is 1. The second kappa shape index (κ2) is 8.36. The Labute approximate surface area is 177 Å². The summed E-state index contributed by atoms with van der Waals surface area (Å²) < 4.78 is 38.2. The number of rotatable bonds is 5. The molecular formula is C20H24F3N7O. The monoisotopic (exact) mass is 435 g/mol. The van der Waals surface area contributed by atoms with Gasteiger partial charge in [0, 0.05) is 12.2 Å². The largest absolute Gasteiger partial charge is 0.433 e. The van der Waals surface area contributed by atoms with Crippen LogP contribution in [0.5, 0.6) is 0 Å². The SMILES string of the molecule is N#CC1C[C@H](N2CCC2)CC[C@@H]1N1C=C(C(N)=O)C(Nc2ccc(C(F)(F)F)nc2)N1. The molecule has 0 spiro atoms. The first-order chi connectivity index (χ1) is 14.8. The van der Waals surface area contributed by atoms with Crippen molar-refractivity contribution >= 4 is 11.6 Å². The Bertz CT molecular complexity index is 892. The molecule has 4 rings (SSSR count). The normalized spacial score (nSPS) is 29.1. The van der Waals surface area contributed by atoms with E-state index in [-0.39, 0.29) is 17.5 Å². The van der Waals surface area contributed by atoms with E-state index in [2.05, 4.69) is 26.7 Å². The van der Waals surface area contributed by atoms with E-state index in [9.17, 15) is 23.2 Å². The highest BCUT2D eigenvalue weighted by Gasteiger charge is 2.40. The van der Waals surface area contributed by atoms with E-state index in [0.717, 1.165) is 44.6 Å². The molecule has 4 N–H and O–H groups in total. The summed E-state index contributed by atoms with van der Waals surface area (Å²) in [5.41, 5.74) is 8.20. The first kappa shape index (κ1) is 21.4. The number of nitrogens with one attached hydrogen (secondary N) is 2. The van der Waals surface area contributed by atoms with Crippen LogP contribution in [-0.4, -0.2) is 52.1 Å². The Balaban J connectivity index is 1.45. The number of hydrogen-bond donors (Lipinski definition) is 3. The number of carbonyl (C=O) groups excluding carboxylic acids is 1. The van der Waals surface area contributed by atoms with Crippen molar-refractivity contribution in [1.82, 2.24) is 20.3 Å². The van der Waals surface area contributed by atoms with Gasteiger partial charge in [0.1, 0.15) is 11.9 Å². The molecule has 2 aliphatic heterocycles. The molecule has 1 aliphatic carbocycles. The minimum atomic E-state index is -4.53. The van der Waals surface area contributed by atoms with Gasteiger partial charge in [-0.05, 0) is 50.9 Å². The van der Waals surface area contributed by atoms with Crippen molar-refractivity contribution < 1.29 is 18.0 Å². The molecule has 1 saturated carbocycles. The van der Waals surface area contributed by atoms with Crippen LogP contribution >= 0.6 is 0 Å². The zero-order valence-corrected chi connectivity index (χ0v) is 16.8. The maximum Gasteiger partial charge on any atom is 0.433 e. The number of carbonyl (C=O) groups is 1. The lowest BCUT2D eigenvalue weighted by Gasteiger charge is -2.45. The second-order valence-corrected chi connectivity index (χ2v) is 8.15. The topological polar surface area (TPSA) is 110 Å². The molecule has 3 aliphatic rings. The first-order valence-electron chi connectivity index (χ1n) is 10.3. The van der Waals surface area contributed by atoms with Crippen LogP contribution < -0.4 is 16.5 Å². The molecule has 4 atom stereocenters. The van der Waals surface area contributed by atoms with E-state index >= 15 is 0 Å². The highest BCUT2D eigenvalue weighted by atomic mass is 19.4. The molecule has 1 aromatic heterocycles. The maximum atomic E-state index is 12.7. The van der Waals surface area contributed by atoms with Crippen LogP contribution in [0.1, 0.15) is 31.4 Å². The Hall–Kier alpha value is -2.84. The predicted molar refractivity (Wildman–Crippen MR) is 106 cm³/mol. The van der Waals surface area contributed by atoms with Gasteiger partial charge in [0.25, 0.3) is 0 Å². The van der Waals surface area contributed by atoms with Crippen molar-refractivity contribution in [2.75, 3.05) is 18.4 Å². The standard InChI is InChI=1S/C20H24F3N7O/c21-20(22,23)17-5-2-13(10-26-17)27-19-15(18(25)31)11-30(28-19)16-4-3-14(8-12(16)9-24)29-6-1-7-29/h2,5,10-12,14,16,19,27-28H,1,3-4,6-8H2,(H2,25,31)/t12?,14-,16+,19?/m1/s1. The number of nitriles is 1. The van der Waals surface area contributed by atoms with Gasteiger partial charge in [0.15, 0.2) is 0 Å². The van der Waals surface area contributed by atoms with Gasteiger partial charge in [-0.1, -0.05) is 0 Å². The van der Waals surface area contributed by atoms with E-state index in [4.69, 9.17) is 5.73 Å². The molecule has 11 heteroatoms. The van der Waals surface area contributed by atoms with Crippen molar-refractivity contribution in [3.05, 3.63) is 35.8 Å². The lowest BCUT2D eigenvalue weighted by Crippen LogP contribution is -2.54. The van der Waals surface area contributed by atoms with Crippen LogP contribution in [0.25, 0.3) is 0 Å². The van der Waals surface area contributed by atoms with E-state index in [1.54, 1.807) is 11.2 Å². The molecule has 2 unspecified atom stereocenters. The molecule has 31 heavy (non-hydrogen) atoms. The number of hydrazine groups is 1. The molecule has 1 amide bonds. The van der Waals surface area contributed by atoms with E-state index < -0.39 is 23.9 Å². The average molecular weight is 435 g/mol. The Morgan fingerprint density at radius 1 is 1.32 bits per heavy atom. The van der Waals surface area contributed by atoms with E-state index in [1.165, 1.54) is 12.5 Å². The quantitative estimate of drug-likeness (QED) is 0.647. The first-order valence-corrected chi connectivity index (χ1v) is 10.3. The van der Waals surface area contributed by atoms with Crippen LogP contribution in [0.15, 0.2) is 30.1 Å². The summed E-state index contributed by atoms with van der Waals surface area (Å²) in [6, 6.07) is 4.79. The van der Waals surface area contributed by atoms with Crippen molar-refractivity contribution in [2.45, 2.75) is 50.1 Å². The lowest BCUT2D eigenvalue weighted by molar-refractivity contribution is -0.141. The van der Waals surface area contributed by atoms with Gasteiger partial charge in [-0.25, -0.2) is 10.4 Å². The fourth-order valence-electron chi connectivity index (χ4n) is 4.44. The molecule has 1 aromatic rings. The third-order valence-corrected chi connectivity index (χ3v) is 6.23. The van der Waals surface area contributed by atoms with Gasteiger partial charge >= 0.3 is 6.18 Å². The van der Waals surface area contributed by atoms with Crippen LogP contribution in [0, 0.1) is 17.2 Å². The average Bonchev–Trinajstić information content (AvgIpc) is 3.10. The molecule has 8 nitrogen and oxygen atoms in total. The van der Waals surface area contributed by atoms with Crippen molar-refractivity contribution in [2.24, 2.45) is 11.7 Å². The summed E-state index contributed by atoms with van der Waals surface area (Å²) in [6.07, 6.45) is 1.09. The van der Waals surface area contributed by atoms with Crippen molar-refractivity contribution in [3.8, 4) is 6.07 Å². The van der Waals surface area contributed by atoms with Gasteiger partial charge in [-0.2, -0.15) is 18.4 Å². The molecule has 0 bridgehead atoms. The molecule has 0 aromatic carbocycles. The lowest BCUT2D eigenvalue weighted by atomic mass is 9.80. The second-order valence-electron chi connectivity index (χ2n) is 8.15. The molecule has 3 heterocycles. The van der Waals surface area contributed by atoms with Crippen LogP contribution in [0.4, 0.5) is 18.9 Å². The minimum Gasteiger partial charge on any atom is -0.366 e. The van der Waals surface area contributed by atoms with Crippen molar-refractivity contribution in [3.63, 3.8) is 0 Å². The number of anilines is 1. The molecule has 1 saturated heterocycles. The zero-order valence-electron chi connectivity index (χ0n) is 16.8. The third-order valence-electron chi connectivity index (χ3n) is 6.23. The van der Waals surface area contributed by atoms with E-state index in [1.807, 2.05) is 0 Å². The summed E-state index contributed by atoms with van der Waals surface area (Å²) in [7, 11) is 0. The molecule has 2 fully saturated rings. The van der Waals surface area contributed by atoms with Gasteiger partial charge in [-0.3, -0.25) is 4.79 Å². The van der Waals surface area contributed by atoms with Crippen LogP contribution in [-0.2, 0) is 11.0 Å². The number of aromatic nitrogens is 1. The number of primary amides is 1. The maximum absolute atomic E-state index is 12.7. The van der Waals surface area contributed by atoms with Crippen LogP contribution in [0.3, 0.4) is 0 Å². The summed E-state index contributed by atoms with van der Waals surface area (Å²) >= 11 is 0. The highest BCUT2D eigenvalue weighted by molar-refractivity contribution is 5.94. The molecule has 0 radical (unpaired) electrons. The summed E-state index contributed by atoms with van der Waals surface area (Å²) in [5.74, 6) is -0.876. The summed E-state index contributed by atoms with van der Waals surface area (Å²) in [5, 5.41) is 14.4. The highest BCUT2D eigenvalue weighted by Crippen LogP contribution is 2.34. The van der Waals surface area contributed by atoms with Gasteiger partial charge in [-0.15, -0.1) is 0 Å². The minimum absolute atomic E-state index is 0.130. The number of pyridine rings is 1. The summed E-state index contributed by atoms with van der Waals surface area (Å²) in [6.45, 7) is 2.16. The fourth-order valence-corrected chi connectivity index (χ4v) is 4.44. The van der Waals surface area contributed by atoms with Gasteiger partial charge in [0.2, 0.25) is 5.91 Å². The summed E-state index contributed by atoms with van der Waals surface area (Å²) in [4.78, 5) is 17.8. The van der Waals surface area contributed by atoms with Crippen LogP contribution in [0.2, 0.25) is 0 Å². The van der Waals surface area contributed by atoms with E-state index in [0.29, 0.717) is 11.7 Å². The van der Waals surface area contributed by atoms with Crippen molar-refractivity contribution in [1.29, 1.82) is 5.26 Å². The van der Waals surface area contributed by atoms with Gasteiger partial charge < -0.3 is 21.0 Å².